The van der Waals surface area contributed by atoms with E-state index in [2.05, 4.69) is 4.72 Å². The Bertz CT molecular complexity index is 1030. The maximum atomic E-state index is 13.2. The molecule has 3 rings (SSSR count). The molecule has 0 aliphatic heterocycles. The van der Waals surface area contributed by atoms with Gasteiger partial charge in [0, 0.05) is 18.1 Å². The van der Waals surface area contributed by atoms with Crippen LogP contribution in [0.25, 0.3) is 0 Å². The SMILES string of the molecule is C[C@@H](NS(=O)(=O)c1ccc(Cl)cc1)C(=O)N(Cc1ccccc1)Cc1ccccc1. The van der Waals surface area contributed by atoms with Gasteiger partial charge in [0.2, 0.25) is 15.9 Å². The van der Waals surface area contributed by atoms with Crippen LogP contribution in [0.2, 0.25) is 5.02 Å². The van der Waals surface area contributed by atoms with Gasteiger partial charge in [-0.25, -0.2) is 8.42 Å². The lowest BCUT2D eigenvalue weighted by atomic mass is 10.1. The number of nitrogens with one attached hydrogen (secondary N) is 1. The normalized spacial score (nSPS) is 12.3. The topological polar surface area (TPSA) is 66.5 Å². The highest BCUT2D eigenvalue weighted by Crippen LogP contribution is 2.16. The van der Waals surface area contributed by atoms with Crippen molar-refractivity contribution in [2.24, 2.45) is 0 Å². The molecule has 156 valence electrons. The Labute approximate surface area is 182 Å². The van der Waals surface area contributed by atoms with Gasteiger partial charge in [-0.1, -0.05) is 72.3 Å². The fraction of sp³-hybridized carbons (Fsp3) is 0.174. The highest BCUT2D eigenvalue weighted by Gasteiger charge is 2.26. The molecule has 0 radical (unpaired) electrons. The zero-order chi connectivity index (χ0) is 21.6. The molecule has 0 fully saturated rings. The van der Waals surface area contributed by atoms with Crippen molar-refractivity contribution in [3.8, 4) is 0 Å². The van der Waals surface area contributed by atoms with Crippen molar-refractivity contribution in [3.05, 3.63) is 101 Å². The molecular weight excluding hydrogens is 420 g/mol. The van der Waals surface area contributed by atoms with Crippen LogP contribution < -0.4 is 4.72 Å². The lowest BCUT2D eigenvalue weighted by Gasteiger charge is -2.26. The Morgan fingerprint density at radius 2 is 1.33 bits per heavy atom. The number of benzene rings is 3. The largest absolute Gasteiger partial charge is 0.333 e. The Hall–Kier alpha value is -2.67. The van der Waals surface area contributed by atoms with E-state index in [1.165, 1.54) is 24.3 Å². The summed E-state index contributed by atoms with van der Waals surface area (Å²) in [5.74, 6) is -0.305. The third kappa shape index (κ3) is 5.92. The summed E-state index contributed by atoms with van der Waals surface area (Å²) < 4.78 is 27.8. The molecule has 0 bridgehead atoms. The van der Waals surface area contributed by atoms with Crippen molar-refractivity contribution >= 4 is 27.5 Å². The molecular formula is C23H23ClN2O3S. The summed E-state index contributed by atoms with van der Waals surface area (Å²) >= 11 is 5.84. The quantitative estimate of drug-likeness (QED) is 0.567. The Kier molecular flexibility index (Phi) is 7.26. The van der Waals surface area contributed by atoms with Gasteiger partial charge in [0.05, 0.1) is 10.9 Å². The average molecular weight is 443 g/mol. The van der Waals surface area contributed by atoms with Crippen molar-refractivity contribution in [1.29, 1.82) is 0 Å². The van der Waals surface area contributed by atoms with Crippen LogP contribution in [0.5, 0.6) is 0 Å². The predicted octanol–water partition coefficient (Wildman–Crippen LogP) is 4.24. The Morgan fingerprint density at radius 1 is 0.867 bits per heavy atom. The van der Waals surface area contributed by atoms with Crippen LogP contribution >= 0.6 is 11.6 Å². The molecule has 30 heavy (non-hydrogen) atoms. The molecule has 0 unspecified atom stereocenters. The zero-order valence-electron chi connectivity index (χ0n) is 16.5. The number of carbonyl (C=O) groups excluding carboxylic acids is 1. The number of amides is 1. The second kappa shape index (κ2) is 9.89. The van der Waals surface area contributed by atoms with Crippen molar-refractivity contribution in [2.75, 3.05) is 0 Å². The number of hydrogen-bond acceptors (Lipinski definition) is 3. The zero-order valence-corrected chi connectivity index (χ0v) is 18.1. The second-order valence-corrected chi connectivity index (χ2v) is 9.11. The van der Waals surface area contributed by atoms with Gasteiger partial charge < -0.3 is 4.90 Å². The number of halogens is 1. The highest BCUT2D eigenvalue weighted by atomic mass is 35.5. The third-order valence-electron chi connectivity index (χ3n) is 4.57. The molecule has 0 aliphatic carbocycles. The lowest BCUT2D eigenvalue weighted by Crippen LogP contribution is -2.46. The average Bonchev–Trinajstić information content (AvgIpc) is 2.74. The molecule has 0 heterocycles. The van der Waals surface area contributed by atoms with Crippen molar-refractivity contribution < 1.29 is 13.2 Å². The van der Waals surface area contributed by atoms with Crippen LogP contribution in [0, 0.1) is 0 Å². The molecule has 1 amide bonds. The molecule has 3 aromatic rings. The van der Waals surface area contributed by atoms with E-state index in [1.807, 2.05) is 60.7 Å². The minimum Gasteiger partial charge on any atom is -0.333 e. The van der Waals surface area contributed by atoms with Gasteiger partial charge in [-0.3, -0.25) is 4.79 Å². The van der Waals surface area contributed by atoms with E-state index in [1.54, 1.807) is 11.8 Å². The highest BCUT2D eigenvalue weighted by molar-refractivity contribution is 7.89. The maximum Gasteiger partial charge on any atom is 0.241 e. The lowest BCUT2D eigenvalue weighted by molar-refractivity contribution is -0.133. The summed E-state index contributed by atoms with van der Waals surface area (Å²) in [5, 5.41) is 0.440. The number of rotatable bonds is 8. The fourth-order valence-corrected chi connectivity index (χ4v) is 4.38. The first-order chi connectivity index (χ1) is 14.3. The summed E-state index contributed by atoms with van der Waals surface area (Å²) in [5.41, 5.74) is 1.93. The number of nitrogens with zero attached hydrogens (tertiary/aromatic N) is 1. The Morgan fingerprint density at radius 3 is 1.80 bits per heavy atom. The van der Waals surface area contributed by atoms with Gasteiger partial charge in [0.1, 0.15) is 0 Å². The summed E-state index contributed by atoms with van der Waals surface area (Å²) in [7, 11) is -3.86. The van der Waals surface area contributed by atoms with E-state index >= 15 is 0 Å². The van der Waals surface area contributed by atoms with Crippen molar-refractivity contribution in [1.82, 2.24) is 9.62 Å². The first-order valence-electron chi connectivity index (χ1n) is 9.50. The molecule has 7 heteroatoms. The molecule has 1 N–H and O–H groups in total. The smallest absolute Gasteiger partial charge is 0.241 e. The standard InChI is InChI=1S/C23H23ClN2O3S/c1-18(25-30(28,29)22-14-12-21(24)13-15-22)23(27)26(16-19-8-4-2-5-9-19)17-20-10-6-3-7-11-20/h2-15,18,25H,16-17H2,1H3/t18-/m1/s1. The fourth-order valence-electron chi connectivity index (χ4n) is 3.06. The molecule has 0 saturated carbocycles. The molecule has 3 aromatic carbocycles. The first kappa shape index (κ1) is 22.0. The minimum absolute atomic E-state index is 0.0595. The number of sulfonamides is 1. The Balaban J connectivity index is 1.79. The van der Waals surface area contributed by atoms with Crippen LogP contribution in [0.4, 0.5) is 0 Å². The van der Waals surface area contributed by atoms with E-state index in [9.17, 15) is 13.2 Å². The van der Waals surface area contributed by atoms with Crippen molar-refractivity contribution in [3.63, 3.8) is 0 Å². The summed E-state index contributed by atoms with van der Waals surface area (Å²) in [4.78, 5) is 14.9. The maximum absolute atomic E-state index is 13.2. The van der Waals surface area contributed by atoms with E-state index in [0.717, 1.165) is 11.1 Å². The minimum atomic E-state index is -3.86. The van der Waals surface area contributed by atoms with Crippen LogP contribution in [-0.2, 0) is 27.9 Å². The first-order valence-corrected chi connectivity index (χ1v) is 11.4. The molecule has 5 nitrogen and oxygen atoms in total. The van der Waals surface area contributed by atoms with Gasteiger partial charge in [-0.15, -0.1) is 0 Å². The van der Waals surface area contributed by atoms with Crippen LogP contribution in [0.3, 0.4) is 0 Å². The van der Waals surface area contributed by atoms with Gasteiger partial charge >= 0.3 is 0 Å². The molecule has 1 atom stereocenters. The number of hydrogen-bond donors (Lipinski definition) is 1. The summed E-state index contributed by atoms with van der Waals surface area (Å²) in [6.45, 7) is 2.31. The van der Waals surface area contributed by atoms with Crippen molar-refractivity contribution in [2.45, 2.75) is 31.0 Å². The third-order valence-corrected chi connectivity index (χ3v) is 6.38. The predicted molar refractivity (Wildman–Crippen MR) is 118 cm³/mol. The van der Waals surface area contributed by atoms with E-state index < -0.39 is 16.1 Å². The molecule has 0 aliphatic rings. The van der Waals surface area contributed by atoms with Crippen LogP contribution in [0.15, 0.2) is 89.8 Å². The second-order valence-electron chi connectivity index (χ2n) is 6.96. The van der Waals surface area contributed by atoms with Crippen LogP contribution in [-0.4, -0.2) is 25.3 Å². The monoisotopic (exact) mass is 442 g/mol. The van der Waals surface area contributed by atoms with E-state index in [4.69, 9.17) is 11.6 Å². The van der Waals surface area contributed by atoms with Gasteiger partial charge in [-0.05, 0) is 42.3 Å². The summed E-state index contributed by atoms with van der Waals surface area (Å²) in [6, 6.07) is 24.1. The van der Waals surface area contributed by atoms with Gasteiger partial charge in [0.25, 0.3) is 0 Å². The molecule has 0 saturated heterocycles. The van der Waals surface area contributed by atoms with E-state index in [0.29, 0.717) is 18.1 Å². The van der Waals surface area contributed by atoms with Gasteiger partial charge in [0.15, 0.2) is 0 Å². The number of carbonyl (C=O) groups is 1. The van der Waals surface area contributed by atoms with Gasteiger partial charge in [-0.2, -0.15) is 4.72 Å². The molecule has 0 spiro atoms. The molecule has 0 aromatic heterocycles. The van der Waals surface area contributed by atoms with Crippen LogP contribution in [0.1, 0.15) is 18.1 Å². The van der Waals surface area contributed by atoms with E-state index in [-0.39, 0.29) is 10.8 Å². The summed E-state index contributed by atoms with van der Waals surface area (Å²) in [6.07, 6.45) is 0.